The summed E-state index contributed by atoms with van der Waals surface area (Å²) in [5.41, 5.74) is -0.811. The number of thiazole rings is 1. The summed E-state index contributed by atoms with van der Waals surface area (Å²) in [6, 6.07) is 1.68. The lowest BCUT2D eigenvalue weighted by Crippen LogP contribution is -2.05. The topological polar surface area (TPSA) is 30.2 Å². The predicted molar refractivity (Wildman–Crippen MR) is 74.0 cm³/mol. The van der Waals surface area contributed by atoms with Crippen molar-refractivity contribution in [3.8, 4) is 10.6 Å². The third kappa shape index (κ3) is 3.07. The lowest BCUT2D eigenvalue weighted by atomic mass is 10.2. The molecule has 0 spiro atoms. The Morgan fingerprint density at radius 3 is 2.30 bits per heavy atom. The second-order valence-electron chi connectivity index (χ2n) is 4.44. The van der Waals surface area contributed by atoms with E-state index in [-0.39, 0.29) is 20.8 Å². The monoisotopic (exact) mass is 415 g/mol. The minimum Gasteiger partial charge on any atom is -0.306 e. The minimum atomic E-state index is -4.60. The molecule has 0 unspecified atom stereocenters. The Hall–Kier alpha value is -1.62. The zero-order valence-corrected chi connectivity index (χ0v) is 13.1. The zero-order valence-electron chi connectivity index (χ0n) is 10.7. The van der Waals surface area contributed by atoms with Crippen molar-refractivity contribution in [1.82, 2.24) is 14.4 Å². The second-order valence-corrected chi connectivity index (χ2v) is 6.19. The fraction of sp³-hybridized carbons (Fsp3) is 0.167. The Bertz CT molecular complexity index is 879. The molecule has 0 saturated carbocycles. The van der Waals surface area contributed by atoms with Crippen molar-refractivity contribution in [1.29, 1.82) is 0 Å². The maximum atomic E-state index is 12.7. The van der Waals surface area contributed by atoms with Crippen LogP contribution in [0.5, 0.6) is 0 Å². The van der Waals surface area contributed by atoms with Crippen LogP contribution in [0.15, 0.2) is 29.1 Å². The number of alkyl halides is 6. The van der Waals surface area contributed by atoms with Crippen LogP contribution in [-0.4, -0.2) is 14.4 Å². The SMILES string of the molecule is FC(F)(F)c1ccn2cc(-c3sc(C(F)(F)F)nc3Br)nc2c1. The van der Waals surface area contributed by atoms with Crippen LogP contribution in [-0.2, 0) is 12.4 Å². The number of aromatic nitrogens is 3. The molecule has 3 rings (SSSR count). The minimum absolute atomic E-state index is 0.0244. The van der Waals surface area contributed by atoms with Crippen molar-refractivity contribution in [2.45, 2.75) is 12.4 Å². The molecular formula is C12H4BrF6N3S. The molecule has 0 saturated heterocycles. The van der Waals surface area contributed by atoms with Gasteiger partial charge in [0.25, 0.3) is 0 Å². The van der Waals surface area contributed by atoms with Crippen molar-refractivity contribution < 1.29 is 26.3 Å². The first-order chi connectivity index (χ1) is 10.6. The third-order valence-corrected chi connectivity index (χ3v) is 4.81. The Labute approximate surface area is 136 Å². The van der Waals surface area contributed by atoms with Crippen LogP contribution >= 0.6 is 27.3 Å². The van der Waals surface area contributed by atoms with Gasteiger partial charge in [-0.1, -0.05) is 0 Å². The van der Waals surface area contributed by atoms with Gasteiger partial charge in [0, 0.05) is 12.4 Å². The van der Waals surface area contributed by atoms with Gasteiger partial charge in [-0.2, -0.15) is 26.3 Å². The number of nitrogens with zero attached hydrogens (tertiary/aromatic N) is 3. The van der Waals surface area contributed by atoms with Crippen molar-refractivity contribution >= 4 is 32.9 Å². The average molecular weight is 416 g/mol. The van der Waals surface area contributed by atoms with E-state index in [0.717, 1.165) is 18.3 Å². The average Bonchev–Trinajstić information content (AvgIpc) is 2.98. The smallest absolute Gasteiger partial charge is 0.306 e. The van der Waals surface area contributed by atoms with E-state index in [2.05, 4.69) is 25.9 Å². The highest BCUT2D eigenvalue weighted by Gasteiger charge is 2.36. The first-order valence-electron chi connectivity index (χ1n) is 5.85. The third-order valence-electron chi connectivity index (χ3n) is 2.85. The summed E-state index contributed by atoms with van der Waals surface area (Å²) >= 11 is 3.28. The van der Waals surface area contributed by atoms with Gasteiger partial charge in [0.2, 0.25) is 0 Å². The van der Waals surface area contributed by atoms with Crippen molar-refractivity contribution in [3.63, 3.8) is 0 Å². The van der Waals surface area contributed by atoms with Crippen LogP contribution in [0, 0.1) is 0 Å². The lowest BCUT2D eigenvalue weighted by Gasteiger charge is -2.05. The van der Waals surface area contributed by atoms with Crippen LogP contribution in [0.3, 0.4) is 0 Å². The molecule has 0 aliphatic heterocycles. The predicted octanol–water partition coefficient (Wildman–Crippen LogP) is 5.26. The number of hydrogen-bond donors (Lipinski definition) is 0. The highest BCUT2D eigenvalue weighted by atomic mass is 79.9. The Kier molecular flexibility index (Phi) is 3.67. The summed E-state index contributed by atoms with van der Waals surface area (Å²) in [4.78, 5) is 7.41. The van der Waals surface area contributed by atoms with Crippen LogP contribution in [0.25, 0.3) is 16.2 Å². The van der Waals surface area contributed by atoms with Gasteiger partial charge < -0.3 is 4.40 Å². The Morgan fingerprint density at radius 2 is 1.74 bits per heavy atom. The van der Waals surface area contributed by atoms with E-state index >= 15 is 0 Å². The Morgan fingerprint density at radius 1 is 1.04 bits per heavy atom. The molecule has 3 aromatic heterocycles. The molecule has 0 aliphatic rings. The summed E-state index contributed by atoms with van der Waals surface area (Å²) < 4.78 is 77.2. The van der Waals surface area contributed by atoms with Gasteiger partial charge in [-0.15, -0.1) is 11.3 Å². The van der Waals surface area contributed by atoms with Gasteiger partial charge in [0.1, 0.15) is 15.9 Å². The summed E-state index contributed by atoms with van der Waals surface area (Å²) in [6.07, 6.45) is -6.64. The van der Waals surface area contributed by atoms with Crippen LogP contribution in [0.1, 0.15) is 10.6 Å². The molecule has 3 nitrogen and oxygen atoms in total. The van der Waals surface area contributed by atoms with Crippen LogP contribution < -0.4 is 0 Å². The summed E-state index contributed by atoms with van der Waals surface area (Å²) in [6.45, 7) is 0. The number of pyridine rings is 1. The molecule has 0 atom stereocenters. The molecule has 0 fully saturated rings. The summed E-state index contributed by atoms with van der Waals surface area (Å²) in [7, 11) is 0. The molecule has 122 valence electrons. The number of fused-ring (bicyclic) bond motifs is 1. The first-order valence-corrected chi connectivity index (χ1v) is 7.46. The van der Waals surface area contributed by atoms with E-state index in [1.807, 2.05) is 0 Å². The maximum Gasteiger partial charge on any atom is 0.443 e. The normalized spacial score (nSPS) is 13.0. The van der Waals surface area contributed by atoms with Gasteiger partial charge in [-0.05, 0) is 28.1 Å². The van der Waals surface area contributed by atoms with Crippen molar-refractivity contribution in [2.75, 3.05) is 0 Å². The molecule has 0 bridgehead atoms. The molecule has 23 heavy (non-hydrogen) atoms. The van der Waals surface area contributed by atoms with Gasteiger partial charge in [0.05, 0.1) is 10.4 Å². The molecule has 11 heteroatoms. The largest absolute Gasteiger partial charge is 0.443 e. The van der Waals surface area contributed by atoms with Gasteiger partial charge >= 0.3 is 12.4 Å². The molecule has 3 aromatic rings. The molecular weight excluding hydrogens is 412 g/mol. The van der Waals surface area contributed by atoms with Gasteiger partial charge in [-0.3, -0.25) is 0 Å². The van der Waals surface area contributed by atoms with E-state index in [1.165, 1.54) is 10.6 Å². The van der Waals surface area contributed by atoms with Crippen LogP contribution in [0.4, 0.5) is 26.3 Å². The van der Waals surface area contributed by atoms with E-state index in [9.17, 15) is 26.3 Å². The van der Waals surface area contributed by atoms with Crippen molar-refractivity contribution in [2.24, 2.45) is 0 Å². The van der Waals surface area contributed by atoms with E-state index in [4.69, 9.17) is 0 Å². The molecule has 0 radical (unpaired) electrons. The van der Waals surface area contributed by atoms with Gasteiger partial charge in [-0.25, -0.2) is 9.97 Å². The quantitative estimate of drug-likeness (QED) is 0.507. The molecule has 0 aliphatic carbocycles. The van der Waals surface area contributed by atoms with Crippen molar-refractivity contribution in [3.05, 3.63) is 39.7 Å². The van der Waals surface area contributed by atoms with E-state index in [1.54, 1.807) is 0 Å². The molecule has 3 heterocycles. The lowest BCUT2D eigenvalue weighted by molar-refractivity contribution is -0.138. The number of halogens is 7. The van der Waals surface area contributed by atoms with E-state index < -0.39 is 22.9 Å². The highest BCUT2D eigenvalue weighted by molar-refractivity contribution is 9.10. The first kappa shape index (κ1) is 16.2. The van der Waals surface area contributed by atoms with Gasteiger partial charge in [0.15, 0.2) is 5.01 Å². The number of imidazole rings is 1. The summed E-state index contributed by atoms with van der Waals surface area (Å²) in [5, 5.41) is -1.06. The fourth-order valence-electron chi connectivity index (χ4n) is 1.85. The standard InChI is InChI=1S/C12H4BrF6N3S/c13-9-8(23-10(21-9)12(17,18)19)6-4-22-2-1-5(11(14,15)16)3-7(22)20-6/h1-4H. The second kappa shape index (κ2) is 5.20. The van der Waals surface area contributed by atoms with Crippen LogP contribution in [0.2, 0.25) is 0 Å². The Balaban J connectivity index is 2.09. The summed E-state index contributed by atoms with van der Waals surface area (Å²) in [5.74, 6) is 0. The highest BCUT2D eigenvalue weighted by Crippen LogP contribution is 2.40. The van der Waals surface area contributed by atoms with E-state index in [0.29, 0.717) is 11.3 Å². The number of hydrogen-bond acceptors (Lipinski definition) is 3. The maximum absolute atomic E-state index is 12.7. The molecule has 0 amide bonds. The number of rotatable bonds is 1. The molecule has 0 N–H and O–H groups in total. The molecule has 0 aromatic carbocycles. The zero-order chi connectivity index (χ0) is 17.0. The fourth-order valence-corrected chi connectivity index (χ4v) is 3.37.